The Labute approximate surface area is 155 Å². The first-order valence-corrected chi connectivity index (χ1v) is 9.14. The number of rotatable bonds is 3. The van der Waals surface area contributed by atoms with Gasteiger partial charge in [-0.05, 0) is 50.1 Å². The fraction of sp³-hybridized carbons (Fsp3) is 0.364. The van der Waals surface area contributed by atoms with Crippen LogP contribution in [0.3, 0.4) is 0 Å². The van der Waals surface area contributed by atoms with Crippen LogP contribution in [0.25, 0.3) is 0 Å². The molecule has 0 radical (unpaired) electrons. The van der Waals surface area contributed by atoms with Gasteiger partial charge in [-0.15, -0.1) is 0 Å². The molecule has 1 aliphatic heterocycles. The number of benzene rings is 2. The summed E-state index contributed by atoms with van der Waals surface area (Å²) in [5, 5.41) is 8.90. The van der Waals surface area contributed by atoms with Crippen molar-refractivity contribution in [3.8, 4) is 6.07 Å². The molecule has 0 bridgehead atoms. The molecule has 26 heavy (non-hydrogen) atoms. The third-order valence-corrected chi connectivity index (χ3v) is 4.83. The average molecular weight is 347 g/mol. The molecule has 0 unspecified atom stereocenters. The molecule has 1 aliphatic rings. The summed E-state index contributed by atoms with van der Waals surface area (Å²) in [5.74, 6) is 0.136. The summed E-state index contributed by atoms with van der Waals surface area (Å²) in [6, 6.07) is 16.0. The van der Waals surface area contributed by atoms with Gasteiger partial charge >= 0.3 is 0 Å². The molecule has 0 aromatic heterocycles. The SMILES string of the molecule is Cc1cc(C)cc(C(=O)N2CCCN(Cc3ccc(C#N)cc3)CC2)c1. The number of carbonyl (C=O) groups is 1. The summed E-state index contributed by atoms with van der Waals surface area (Å²) in [6.45, 7) is 8.33. The maximum absolute atomic E-state index is 12.9. The molecule has 1 heterocycles. The molecule has 2 aromatic rings. The molecule has 0 aliphatic carbocycles. The second-order valence-corrected chi connectivity index (χ2v) is 7.11. The van der Waals surface area contributed by atoms with E-state index in [0.717, 1.165) is 55.8 Å². The first-order valence-electron chi connectivity index (χ1n) is 9.14. The van der Waals surface area contributed by atoms with Crippen molar-refractivity contribution in [3.63, 3.8) is 0 Å². The van der Waals surface area contributed by atoms with Crippen molar-refractivity contribution in [2.45, 2.75) is 26.8 Å². The van der Waals surface area contributed by atoms with E-state index >= 15 is 0 Å². The van der Waals surface area contributed by atoms with Crippen LogP contribution in [-0.4, -0.2) is 41.9 Å². The van der Waals surface area contributed by atoms with Crippen LogP contribution in [0.4, 0.5) is 0 Å². The standard InChI is InChI=1S/C22H25N3O/c1-17-12-18(2)14-21(13-17)22(26)25-9-3-8-24(10-11-25)16-20-6-4-19(15-23)5-7-20/h4-7,12-14H,3,8-11,16H2,1-2H3. The van der Waals surface area contributed by atoms with Crippen LogP contribution in [0.2, 0.25) is 0 Å². The largest absolute Gasteiger partial charge is 0.337 e. The predicted molar refractivity (Wildman–Crippen MR) is 103 cm³/mol. The van der Waals surface area contributed by atoms with E-state index in [9.17, 15) is 4.79 Å². The molecule has 0 atom stereocenters. The molecule has 3 rings (SSSR count). The first kappa shape index (κ1) is 18.2. The molecule has 1 fully saturated rings. The minimum Gasteiger partial charge on any atom is -0.337 e. The van der Waals surface area contributed by atoms with Crippen molar-refractivity contribution in [1.82, 2.24) is 9.80 Å². The second-order valence-electron chi connectivity index (χ2n) is 7.11. The highest BCUT2D eigenvalue weighted by molar-refractivity contribution is 5.94. The van der Waals surface area contributed by atoms with Crippen molar-refractivity contribution < 1.29 is 4.79 Å². The molecule has 4 nitrogen and oxygen atoms in total. The molecular weight excluding hydrogens is 322 g/mol. The number of carbonyl (C=O) groups excluding carboxylic acids is 1. The Morgan fingerprint density at radius 1 is 1.00 bits per heavy atom. The van der Waals surface area contributed by atoms with Crippen molar-refractivity contribution in [1.29, 1.82) is 5.26 Å². The number of aryl methyl sites for hydroxylation is 2. The van der Waals surface area contributed by atoms with Gasteiger partial charge in [0.25, 0.3) is 5.91 Å². The van der Waals surface area contributed by atoms with Gasteiger partial charge in [-0.3, -0.25) is 9.69 Å². The van der Waals surface area contributed by atoms with Crippen molar-refractivity contribution in [2.75, 3.05) is 26.2 Å². The zero-order chi connectivity index (χ0) is 18.5. The van der Waals surface area contributed by atoms with Crippen LogP contribution in [0, 0.1) is 25.2 Å². The summed E-state index contributed by atoms with van der Waals surface area (Å²) < 4.78 is 0. The van der Waals surface area contributed by atoms with Crippen molar-refractivity contribution >= 4 is 5.91 Å². The van der Waals surface area contributed by atoms with Gasteiger partial charge in [-0.25, -0.2) is 0 Å². The predicted octanol–water partition coefficient (Wildman–Crippen LogP) is 3.52. The van der Waals surface area contributed by atoms with E-state index in [-0.39, 0.29) is 5.91 Å². The van der Waals surface area contributed by atoms with Crippen LogP contribution in [0.5, 0.6) is 0 Å². The lowest BCUT2D eigenvalue weighted by atomic mass is 10.1. The summed E-state index contributed by atoms with van der Waals surface area (Å²) in [7, 11) is 0. The maximum atomic E-state index is 12.9. The van der Waals surface area contributed by atoms with Crippen molar-refractivity contribution in [3.05, 3.63) is 70.3 Å². The van der Waals surface area contributed by atoms with E-state index in [1.54, 1.807) is 0 Å². The molecule has 0 N–H and O–H groups in total. The Balaban J connectivity index is 1.62. The minimum atomic E-state index is 0.136. The van der Waals surface area contributed by atoms with Crippen LogP contribution in [-0.2, 0) is 6.54 Å². The van der Waals surface area contributed by atoms with Crippen LogP contribution >= 0.6 is 0 Å². The lowest BCUT2D eigenvalue weighted by Crippen LogP contribution is -2.35. The molecular formula is C22H25N3O. The van der Waals surface area contributed by atoms with E-state index in [1.807, 2.05) is 55.1 Å². The smallest absolute Gasteiger partial charge is 0.253 e. The van der Waals surface area contributed by atoms with Gasteiger partial charge in [0.1, 0.15) is 0 Å². The lowest BCUT2D eigenvalue weighted by Gasteiger charge is -2.22. The lowest BCUT2D eigenvalue weighted by molar-refractivity contribution is 0.0761. The summed E-state index contributed by atoms with van der Waals surface area (Å²) in [6.07, 6.45) is 0.979. The quantitative estimate of drug-likeness (QED) is 0.853. The Bertz CT molecular complexity index is 800. The average Bonchev–Trinajstić information content (AvgIpc) is 2.86. The van der Waals surface area contributed by atoms with E-state index < -0.39 is 0 Å². The van der Waals surface area contributed by atoms with Crippen molar-refractivity contribution in [2.24, 2.45) is 0 Å². The van der Waals surface area contributed by atoms with Crippen LogP contribution in [0.1, 0.15) is 39.0 Å². The number of hydrogen-bond acceptors (Lipinski definition) is 3. The van der Waals surface area contributed by atoms with Gasteiger partial charge in [-0.2, -0.15) is 5.26 Å². The number of nitrogens with zero attached hydrogens (tertiary/aromatic N) is 3. The molecule has 1 amide bonds. The Morgan fingerprint density at radius 2 is 1.69 bits per heavy atom. The fourth-order valence-corrected chi connectivity index (χ4v) is 3.56. The van der Waals surface area contributed by atoms with Gasteiger partial charge < -0.3 is 4.90 Å². The Morgan fingerprint density at radius 3 is 2.35 bits per heavy atom. The molecule has 4 heteroatoms. The third-order valence-electron chi connectivity index (χ3n) is 4.83. The molecule has 134 valence electrons. The van der Waals surface area contributed by atoms with Gasteiger partial charge in [0, 0.05) is 38.3 Å². The fourth-order valence-electron chi connectivity index (χ4n) is 3.56. The highest BCUT2D eigenvalue weighted by atomic mass is 16.2. The summed E-state index contributed by atoms with van der Waals surface area (Å²) in [5.41, 5.74) is 4.95. The van der Waals surface area contributed by atoms with E-state index in [4.69, 9.17) is 5.26 Å². The molecule has 2 aromatic carbocycles. The third kappa shape index (κ3) is 4.50. The highest BCUT2D eigenvalue weighted by Crippen LogP contribution is 2.15. The Hall–Kier alpha value is -2.64. The van der Waals surface area contributed by atoms with Crippen LogP contribution < -0.4 is 0 Å². The normalized spacial score (nSPS) is 15.3. The van der Waals surface area contributed by atoms with E-state index in [1.165, 1.54) is 5.56 Å². The summed E-state index contributed by atoms with van der Waals surface area (Å²) >= 11 is 0. The second kappa shape index (κ2) is 8.16. The van der Waals surface area contributed by atoms with Gasteiger partial charge in [0.15, 0.2) is 0 Å². The van der Waals surface area contributed by atoms with Crippen LogP contribution in [0.15, 0.2) is 42.5 Å². The minimum absolute atomic E-state index is 0.136. The summed E-state index contributed by atoms with van der Waals surface area (Å²) in [4.78, 5) is 17.2. The zero-order valence-electron chi connectivity index (χ0n) is 15.5. The topological polar surface area (TPSA) is 47.3 Å². The molecule has 0 saturated carbocycles. The Kier molecular flexibility index (Phi) is 5.70. The number of amides is 1. The maximum Gasteiger partial charge on any atom is 0.253 e. The van der Waals surface area contributed by atoms with Gasteiger partial charge in [0.05, 0.1) is 11.6 Å². The van der Waals surface area contributed by atoms with E-state index in [2.05, 4.69) is 17.0 Å². The van der Waals surface area contributed by atoms with E-state index in [0.29, 0.717) is 5.56 Å². The molecule has 0 spiro atoms. The first-order chi connectivity index (χ1) is 12.5. The highest BCUT2D eigenvalue weighted by Gasteiger charge is 2.20. The van der Waals surface area contributed by atoms with Gasteiger partial charge in [0.2, 0.25) is 0 Å². The number of hydrogen-bond donors (Lipinski definition) is 0. The monoisotopic (exact) mass is 347 g/mol. The van der Waals surface area contributed by atoms with Gasteiger partial charge in [-0.1, -0.05) is 29.3 Å². The zero-order valence-corrected chi connectivity index (χ0v) is 15.5. The number of nitriles is 1. The molecule has 1 saturated heterocycles.